The Morgan fingerprint density at radius 1 is 1.37 bits per heavy atom. The number of halogens is 1. The number of benzene rings is 1. The Balaban J connectivity index is 2.60. The van der Waals surface area contributed by atoms with E-state index in [-0.39, 0.29) is 0 Å². The quantitative estimate of drug-likeness (QED) is 0.730. The van der Waals surface area contributed by atoms with Crippen molar-refractivity contribution in [2.45, 2.75) is 33.2 Å². The Bertz CT molecular complexity index is 421. The molecule has 0 aliphatic heterocycles. The van der Waals surface area contributed by atoms with Crippen LogP contribution in [-0.2, 0) is 6.54 Å². The highest BCUT2D eigenvalue weighted by Gasteiger charge is 2.06. The van der Waals surface area contributed by atoms with Gasteiger partial charge in [-0.25, -0.2) is 0 Å². The van der Waals surface area contributed by atoms with Crippen molar-refractivity contribution in [1.29, 1.82) is 0 Å². The zero-order chi connectivity index (χ0) is 14.1. The molecule has 0 aliphatic rings. The average molecular weight is 324 g/mol. The summed E-state index contributed by atoms with van der Waals surface area (Å²) in [5.74, 6) is 4.09. The summed E-state index contributed by atoms with van der Waals surface area (Å²) in [6.45, 7) is 6.61. The summed E-state index contributed by atoms with van der Waals surface area (Å²) in [6.07, 6.45) is 7.65. The second kappa shape index (κ2) is 9.01. The maximum absolute atomic E-state index is 5.55. The maximum Gasteiger partial charge on any atom is 0.148 e. The van der Waals surface area contributed by atoms with Gasteiger partial charge >= 0.3 is 0 Å². The fraction of sp³-hybridized carbons (Fsp3) is 0.500. The number of nitrogens with one attached hydrogen (secondary N) is 1. The van der Waals surface area contributed by atoms with Crippen molar-refractivity contribution in [2.75, 3.05) is 13.2 Å². The molecular weight excluding hydrogens is 302 g/mol. The van der Waals surface area contributed by atoms with Crippen LogP contribution in [0.25, 0.3) is 0 Å². The Morgan fingerprint density at radius 3 is 2.74 bits per heavy atom. The van der Waals surface area contributed by atoms with Gasteiger partial charge in [-0.3, -0.25) is 0 Å². The van der Waals surface area contributed by atoms with E-state index in [1.165, 1.54) is 12.8 Å². The van der Waals surface area contributed by atoms with Crippen molar-refractivity contribution in [1.82, 2.24) is 5.32 Å². The summed E-state index contributed by atoms with van der Waals surface area (Å²) in [7, 11) is 0. The van der Waals surface area contributed by atoms with Crippen LogP contribution in [0.2, 0.25) is 0 Å². The molecule has 0 aliphatic carbocycles. The van der Waals surface area contributed by atoms with Crippen LogP contribution in [0.5, 0.6) is 5.75 Å². The van der Waals surface area contributed by atoms with Crippen LogP contribution in [0.1, 0.15) is 32.3 Å². The van der Waals surface area contributed by atoms with Gasteiger partial charge in [0.25, 0.3) is 0 Å². The van der Waals surface area contributed by atoms with Gasteiger partial charge in [0.15, 0.2) is 0 Å². The van der Waals surface area contributed by atoms with E-state index in [4.69, 9.17) is 11.2 Å². The zero-order valence-corrected chi connectivity index (χ0v) is 13.3. The fourth-order valence-corrected chi connectivity index (χ4v) is 2.34. The number of hydrogen-bond donors (Lipinski definition) is 1. The van der Waals surface area contributed by atoms with Gasteiger partial charge in [0.1, 0.15) is 12.4 Å². The van der Waals surface area contributed by atoms with Gasteiger partial charge < -0.3 is 10.1 Å². The minimum absolute atomic E-state index is 0.307. The number of terminal acetylenes is 1. The monoisotopic (exact) mass is 323 g/mol. The number of ether oxygens (including phenoxy) is 1. The molecule has 0 unspecified atom stereocenters. The molecule has 19 heavy (non-hydrogen) atoms. The van der Waals surface area contributed by atoms with Gasteiger partial charge in [0.2, 0.25) is 0 Å². The first-order chi connectivity index (χ1) is 9.21. The maximum atomic E-state index is 5.55. The molecule has 0 amide bonds. The molecule has 0 bridgehead atoms. The zero-order valence-electron chi connectivity index (χ0n) is 11.7. The SMILES string of the molecule is C#CCOc1ccc(Br)cc1CNCC(CC)CC. The lowest BCUT2D eigenvalue weighted by Crippen LogP contribution is -2.22. The molecule has 2 nitrogen and oxygen atoms in total. The molecule has 0 spiro atoms. The van der Waals surface area contributed by atoms with E-state index in [0.717, 1.165) is 34.8 Å². The summed E-state index contributed by atoms with van der Waals surface area (Å²) < 4.78 is 6.61. The van der Waals surface area contributed by atoms with Crippen LogP contribution < -0.4 is 10.1 Å². The molecule has 0 aromatic heterocycles. The van der Waals surface area contributed by atoms with Gasteiger partial charge in [-0.15, -0.1) is 6.42 Å². The van der Waals surface area contributed by atoms with E-state index in [9.17, 15) is 0 Å². The smallest absolute Gasteiger partial charge is 0.148 e. The van der Waals surface area contributed by atoms with E-state index >= 15 is 0 Å². The van der Waals surface area contributed by atoms with Crippen molar-refractivity contribution in [3.63, 3.8) is 0 Å². The van der Waals surface area contributed by atoms with Gasteiger partial charge in [-0.05, 0) is 30.7 Å². The molecule has 1 rings (SSSR count). The summed E-state index contributed by atoms with van der Waals surface area (Å²) in [5.41, 5.74) is 1.13. The molecule has 0 atom stereocenters. The van der Waals surface area contributed by atoms with Gasteiger partial charge in [0.05, 0.1) is 0 Å². The van der Waals surface area contributed by atoms with Crippen LogP contribution in [0.4, 0.5) is 0 Å². The van der Waals surface area contributed by atoms with Gasteiger partial charge in [0, 0.05) is 16.6 Å². The molecule has 104 valence electrons. The molecule has 0 fully saturated rings. The first-order valence-electron chi connectivity index (χ1n) is 6.76. The van der Waals surface area contributed by atoms with Crippen LogP contribution in [0.3, 0.4) is 0 Å². The largest absolute Gasteiger partial charge is 0.481 e. The third-order valence-electron chi connectivity index (χ3n) is 3.24. The molecule has 1 aromatic rings. The molecule has 1 N–H and O–H groups in total. The Morgan fingerprint density at radius 2 is 2.11 bits per heavy atom. The second-order valence-corrected chi connectivity index (χ2v) is 5.47. The summed E-state index contributed by atoms with van der Waals surface area (Å²) in [4.78, 5) is 0. The number of rotatable bonds is 8. The van der Waals surface area contributed by atoms with Gasteiger partial charge in [-0.2, -0.15) is 0 Å². The third-order valence-corrected chi connectivity index (χ3v) is 3.73. The Labute approximate surface area is 125 Å². The van der Waals surface area contributed by atoms with E-state index in [0.29, 0.717) is 6.61 Å². The lowest BCUT2D eigenvalue weighted by Gasteiger charge is -2.15. The molecule has 1 aromatic carbocycles. The topological polar surface area (TPSA) is 21.3 Å². The van der Waals surface area contributed by atoms with Crippen molar-refractivity contribution in [3.8, 4) is 18.1 Å². The van der Waals surface area contributed by atoms with Crippen LogP contribution >= 0.6 is 15.9 Å². The van der Waals surface area contributed by atoms with E-state index in [1.54, 1.807) is 0 Å². The highest BCUT2D eigenvalue weighted by Crippen LogP contribution is 2.23. The molecule has 3 heteroatoms. The molecule has 0 saturated carbocycles. The van der Waals surface area contributed by atoms with Crippen molar-refractivity contribution in [3.05, 3.63) is 28.2 Å². The molecule has 0 heterocycles. The van der Waals surface area contributed by atoms with Crippen molar-refractivity contribution in [2.24, 2.45) is 5.92 Å². The predicted molar refractivity (Wildman–Crippen MR) is 84.2 cm³/mol. The predicted octanol–water partition coefficient (Wildman–Crippen LogP) is 3.99. The van der Waals surface area contributed by atoms with Crippen LogP contribution in [-0.4, -0.2) is 13.2 Å². The third kappa shape index (κ3) is 5.67. The van der Waals surface area contributed by atoms with E-state index in [2.05, 4.69) is 47.1 Å². The first kappa shape index (κ1) is 16.1. The van der Waals surface area contributed by atoms with Crippen LogP contribution in [0.15, 0.2) is 22.7 Å². The highest BCUT2D eigenvalue weighted by atomic mass is 79.9. The van der Waals surface area contributed by atoms with Gasteiger partial charge in [-0.1, -0.05) is 48.5 Å². The van der Waals surface area contributed by atoms with Crippen molar-refractivity contribution >= 4 is 15.9 Å². The lowest BCUT2D eigenvalue weighted by molar-refractivity contribution is 0.363. The van der Waals surface area contributed by atoms with Crippen LogP contribution in [0, 0.1) is 18.3 Å². The molecular formula is C16H22BrNO. The average Bonchev–Trinajstić information content (AvgIpc) is 2.42. The minimum atomic E-state index is 0.307. The first-order valence-corrected chi connectivity index (χ1v) is 7.55. The minimum Gasteiger partial charge on any atom is -0.481 e. The summed E-state index contributed by atoms with van der Waals surface area (Å²) >= 11 is 3.49. The van der Waals surface area contributed by atoms with Crippen molar-refractivity contribution < 1.29 is 4.74 Å². The summed E-state index contributed by atoms with van der Waals surface area (Å²) in [6, 6.07) is 6.00. The molecule has 0 saturated heterocycles. The highest BCUT2D eigenvalue weighted by molar-refractivity contribution is 9.10. The Hall–Kier alpha value is -0.980. The fourth-order valence-electron chi connectivity index (χ4n) is 1.93. The standard InChI is InChI=1S/C16H22BrNO/c1-4-9-19-16-8-7-15(17)10-14(16)12-18-11-13(5-2)6-3/h1,7-8,10,13,18H,5-6,9,11-12H2,2-3H3. The lowest BCUT2D eigenvalue weighted by atomic mass is 10.0. The normalized spacial score (nSPS) is 10.5. The molecule has 0 radical (unpaired) electrons. The number of hydrogen-bond acceptors (Lipinski definition) is 2. The summed E-state index contributed by atoms with van der Waals surface area (Å²) in [5, 5.41) is 3.50. The Kier molecular flexibility index (Phi) is 7.62. The van der Waals surface area contributed by atoms with E-state index in [1.807, 2.05) is 12.1 Å². The van der Waals surface area contributed by atoms with E-state index < -0.39 is 0 Å². The second-order valence-electron chi connectivity index (χ2n) is 4.56.